The van der Waals surface area contributed by atoms with Gasteiger partial charge in [0.1, 0.15) is 0 Å². The number of ether oxygens (including phenoxy) is 1. The number of furan rings is 1. The molecular weight excluding hydrogens is 234 g/mol. The lowest BCUT2D eigenvalue weighted by Crippen LogP contribution is -1.96. The molecule has 0 atom stereocenters. The van der Waals surface area contributed by atoms with Gasteiger partial charge in [0.05, 0.1) is 12.0 Å². The van der Waals surface area contributed by atoms with Gasteiger partial charge in [0.15, 0.2) is 11.9 Å². The topological polar surface area (TPSA) is 36.5 Å². The van der Waals surface area contributed by atoms with E-state index in [2.05, 4.69) is 20.9 Å². The summed E-state index contributed by atoms with van der Waals surface area (Å²) in [6.07, 6.45) is 3.63. The number of pyridine rings is 1. The van der Waals surface area contributed by atoms with Gasteiger partial charge in [0, 0.05) is 6.07 Å². The quantitative estimate of drug-likeness (QED) is 0.811. The molecule has 0 aliphatic heterocycles. The molecule has 0 aromatic carbocycles. The van der Waals surface area contributed by atoms with Crippen LogP contribution in [-0.2, 0) is 0 Å². The highest BCUT2D eigenvalue weighted by atomic mass is 79.9. The van der Waals surface area contributed by atoms with Crippen molar-refractivity contribution in [1.29, 1.82) is 0 Å². The third kappa shape index (κ3) is 1.42. The van der Waals surface area contributed by atoms with Gasteiger partial charge in [-0.05, 0) is 22.9 Å². The summed E-state index contributed by atoms with van der Waals surface area (Å²) in [4.78, 5) is 2.95. The Kier molecular flexibility index (Phi) is 2.22. The van der Waals surface area contributed by atoms with E-state index in [1.807, 2.05) is 19.2 Å². The summed E-state index contributed by atoms with van der Waals surface area (Å²) in [6.45, 7) is 2.58. The zero-order valence-corrected chi connectivity index (χ0v) is 8.72. The predicted molar refractivity (Wildman–Crippen MR) is 51.6 cm³/mol. The molecule has 1 N–H and O–H groups in total. The lowest BCUT2D eigenvalue weighted by Gasteiger charge is -1.98. The molecule has 0 spiro atoms. The van der Waals surface area contributed by atoms with Crippen LogP contribution < -0.4 is 9.72 Å². The molecular formula is C9H9BrNO2+. The summed E-state index contributed by atoms with van der Waals surface area (Å²) < 4.78 is 11.5. The minimum absolute atomic E-state index is 0.631. The second-order valence-electron chi connectivity index (χ2n) is 2.56. The van der Waals surface area contributed by atoms with E-state index in [1.165, 1.54) is 0 Å². The highest BCUT2D eigenvalue weighted by Gasteiger charge is 2.13. The van der Waals surface area contributed by atoms with Gasteiger partial charge in [-0.25, -0.2) is 4.98 Å². The molecule has 0 saturated carbocycles. The van der Waals surface area contributed by atoms with Crippen molar-refractivity contribution >= 4 is 26.9 Å². The Morgan fingerprint density at radius 3 is 3.23 bits per heavy atom. The van der Waals surface area contributed by atoms with Gasteiger partial charge in [-0.2, -0.15) is 0 Å². The SMILES string of the molecule is CCOc1c(Br)oc2c[nH+]ccc12. The molecule has 13 heavy (non-hydrogen) atoms. The van der Waals surface area contributed by atoms with Crippen LogP contribution in [0.2, 0.25) is 0 Å². The maximum atomic E-state index is 5.44. The molecule has 3 nitrogen and oxygen atoms in total. The smallest absolute Gasteiger partial charge is 0.212 e. The molecule has 0 fully saturated rings. The Morgan fingerprint density at radius 1 is 1.62 bits per heavy atom. The number of hydrogen-bond donors (Lipinski definition) is 0. The van der Waals surface area contributed by atoms with E-state index in [1.54, 1.807) is 6.20 Å². The van der Waals surface area contributed by atoms with Gasteiger partial charge in [-0.1, -0.05) is 0 Å². The molecule has 2 heterocycles. The van der Waals surface area contributed by atoms with Gasteiger partial charge in [-0.3, -0.25) is 0 Å². The van der Waals surface area contributed by atoms with Crippen LogP contribution in [0, 0.1) is 0 Å². The van der Waals surface area contributed by atoms with Crippen LogP contribution in [0.1, 0.15) is 6.92 Å². The normalized spacial score (nSPS) is 10.6. The second-order valence-corrected chi connectivity index (χ2v) is 3.28. The van der Waals surface area contributed by atoms with Crippen molar-refractivity contribution in [1.82, 2.24) is 0 Å². The maximum absolute atomic E-state index is 5.44. The molecule has 68 valence electrons. The monoisotopic (exact) mass is 242 g/mol. The van der Waals surface area contributed by atoms with Gasteiger partial charge in [-0.15, -0.1) is 0 Å². The summed E-state index contributed by atoms with van der Waals surface area (Å²) in [7, 11) is 0. The fourth-order valence-electron chi connectivity index (χ4n) is 1.21. The number of halogens is 1. The molecule has 2 aromatic heterocycles. The van der Waals surface area contributed by atoms with Gasteiger partial charge in [0.25, 0.3) is 0 Å². The molecule has 2 rings (SSSR count). The highest BCUT2D eigenvalue weighted by molar-refractivity contribution is 9.10. The third-order valence-corrected chi connectivity index (χ3v) is 2.26. The van der Waals surface area contributed by atoms with Crippen LogP contribution in [0.3, 0.4) is 0 Å². The van der Waals surface area contributed by atoms with Crippen molar-refractivity contribution in [2.75, 3.05) is 6.61 Å². The molecule has 0 unspecified atom stereocenters. The fraction of sp³-hybridized carbons (Fsp3) is 0.222. The van der Waals surface area contributed by atoms with Crippen molar-refractivity contribution in [3.05, 3.63) is 23.1 Å². The average Bonchev–Trinajstić information content (AvgIpc) is 2.44. The van der Waals surface area contributed by atoms with E-state index in [9.17, 15) is 0 Å². The van der Waals surface area contributed by atoms with Gasteiger partial charge >= 0.3 is 0 Å². The van der Waals surface area contributed by atoms with Crippen LogP contribution in [0.5, 0.6) is 5.75 Å². The summed E-state index contributed by atoms with van der Waals surface area (Å²) in [5, 5.41) is 0.979. The Balaban J connectivity index is 2.64. The van der Waals surface area contributed by atoms with Crippen LogP contribution in [0.4, 0.5) is 0 Å². The van der Waals surface area contributed by atoms with Crippen molar-refractivity contribution in [3.8, 4) is 5.75 Å². The van der Waals surface area contributed by atoms with E-state index in [-0.39, 0.29) is 0 Å². The van der Waals surface area contributed by atoms with E-state index in [0.717, 1.165) is 16.7 Å². The number of aromatic amines is 1. The predicted octanol–water partition coefficient (Wildman–Crippen LogP) is 2.41. The van der Waals surface area contributed by atoms with E-state index in [0.29, 0.717) is 11.3 Å². The van der Waals surface area contributed by atoms with E-state index >= 15 is 0 Å². The molecule has 4 heteroatoms. The number of hydrogen-bond acceptors (Lipinski definition) is 2. The first-order valence-electron chi connectivity index (χ1n) is 4.04. The summed E-state index contributed by atoms with van der Waals surface area (Å²) in [5.41, 5.74) is 0.790. The summed E-state index contributed by atoms with van der Waals surface area (Å²) >= 11 is 3.31. The number of rotatable bonds is 2. The number of aromatic nitrogens is 1. The lowest BCUT2D eigenvalue weighted by atomic mass is 10.3. The minimum atomic E-state index is 0.631. The van der Waals surface area contributed by atoms with Crippen LogP contribution in [0.15, 0.2) is 27.5 Å². The molecule has 0 amide bonds. The zero-order chi connectivity index (χ0) is 9.26. The molecule has 2 aromatic rings. The van der Waals surface area contributed by atoms with Gasteiger partial charge in [0.2, 0.25) is 16.4 Å². The standard InChI is InChI=1S/C9H8BrNO2/c1-2-12-8-6-3-4-11-5-7(6)13-9(8)10/h3-5H,2H2,1H3/p+1. The molecule has 0 bridgehead atoms. The average molecular weight is 243 g/mol. The van der Waals surface area contributed by atoms with Crippen molar-refractivity contribution in [2.45, 2.75) is 6.92 Å². The molecule has 0 aliphatic carbocycles. The Hall–Kier alpha value is -1.03. The number of fused-ring (bicyclic) bond motifs is 1. The third-order valence-electron chi connectivity index (χ3n) is 1.74. The maximum Gasteiger partial charge on any atom is 0.212 e. The van der Waals surface area contributed by atoms with Crippen LogP contribution in [-0.4, -0.2) is 6.61 Å². The molecule has 0 radical (unpaired) electrons. The van der Waals surface area contributed by atoms with E-state index < -0.39 is 0 Å². The molecule has 0 saturated heterocycles. The summed E-state index contributed by atoms with van der Waals surface area (Å²) in [5.74, 6) is 0.770. The Morgan fingerprint density at radius 2 is 2.46 bits per heavy atom. The number of nitrogens with one attached hydrogen (secondary N) is 1. The van der Waals surface area contributed by atoms with Crippen LogP contribution >= 0.6 is 15.9 Å². The zero-order valence-electron chi connectivity index (χ0n) is 7.13. The molecule has 0 aliphatic rings. The van der Waals surface area contributed by atoms with Crippen molar-refractivity contribution < 1.29 is 14.1 Å². The first-order chi connectivity index (χ1) is 6.33. The number of H-pyrrole nitrogens is 1. The Bertz CT molecular complexity index is 424. The highest BCUT2D eigenvalue weighted by Crippen LogP contribution is 2.35. The van der Waals surface area contributed by atoms with E-state index in [4.69, 9.17) is 9.15 Å². The van der Waals surface area contributed by atoms with Crippen molar-refractivity contribution in [2.24, 2.45) is 0 Å². The largest absolute Gasteiger partial charge is 0.489 e. The van der Waals surface area contributed by atoms with Crippen LogP contribution in [0.25, 0.3) is 11.0 Å². The summed E-state index contributed by atoms with van der Waals surface area (Å²) in [6, 6.07) is 1.93. The second kappa shape index (κ2) is 3.38. The minimum Gasteiger partial charge on any atom is -0.489 e. The first kappa shape index (κ1) is 8.56. The Labute approximate surface area is 83.8 Å². The lowest BCUT2D eigenvalue weighted by molar-refractivity contribution is -0.376. The first-order valence-corrected chi connectivity index (χ1v) is 4.83. The van der Waals surface area contributed by atoms with Gasteiger partial charge < -0.3 is 9.15 Å². The van der Waals surface area contributed by atoms with Crippen molar-refractivity contribution in [3.63, 3.8) is 0 Å². The fourth-order valence-corrected chi connectivity index (χ4v) is 1.72.